The molecule has 1 atom stereocenters. The molecule has 0 saturated heterocycles. The Bertz CT molecular complexity index is 537. The van der Waals surface area contributed by atoms with Crippen molar-refractivity contribution < 1.29 is 9.90 Å². The summed E-state index contributed by atoms with van der Waals surface area (Å²) < 4.78 is 1.70. The van der Waals surface area contributed by atoms with Crippen LogP contribution in [-0.2, 0) is 0 Å². The molecule has 0 bridgehead atoms. The van der Waals surface area contributed by atoms with Gasteiger partial charge in [-0.15, -0.1) is 0 Å². The maximum Gasteiger partial charge on any atom is 0.251 e. The summed E-state index contributed by atoms with van der Waals surface area (Å²) in [6.45, 7) is 2.40. The first-order chi connectivity index (χ1) is 9.20. The van der Waals surface area contributed by atoms with Crippen LogP contribution in [0.5, 0.6) is 0 Å². The molecule has 100 valence electrons. The summed E-state index contributed by atoms with van der Waals surface area (Å²) in [5.74, 6) is -0.0902. The summed E-state index contributed by atoms with van der Waals surface area (Å²) in [6, 6.07) is 9.08. The Hall–Kier alpha value is -2.14. The minimum atomic E-state index is -0.144. The maximum atomic E-state index is 12.0. The van der Waals surface area contributed by atoms with Gasteiger partial charge in [-0.1, -0.05) is 13.0 Å². The molecule has 2 aromatic rings. The van der Waals surface area contributed by atoms with E-state index in [1.165, 1.54) is 0 Å². The SMILES string of the molecule is CC(CO)CNC(=O)c1cccc(-n2cccn2)c1. The first-order valence-electron chi connectivity index (χ1n) is 6.20. The number of carbonyl (C=O) groups is 1. The fraction of sp³-hybridized carbons (Fsp3) is 0.286. The fourth-order valence-electron chi connectivity index (χ4n) is 1.64. The van der Waals surface area contributed by atoms with Gasteiger partial charge in [0.2, 0.25) is 0 Å². The highest BCUT2D eigenvalue weighted by molar-refractivity contribution is 5.94. The molecule has 5 nitrogen and oxygen atoms in total. The minimum Gasteiger partial charge on any atom is -0.396 e. The molecule has 1 unspecified atom stereocenters. The number of nitrogens with one attached hydrogen (secondary N) is 1. The van der Waals surface area contributed by atoms with Crippen molar-refractivity contribution in [3.8, 4) is 5.69 Å². The predicted molar refractivity (Wildman–Crippen MR) is 72.1 cm³/mol. The van der Waals surface area contributed by atoms with Gasteiger partial charge in [0.15, 0.2) is 0 Å². The second kappa shape index (κ2) is 6.15. The van der Waals surface area contributed by atoms with Crippen LogP contribution in [0.2, 0.25) is 0 Å². The quantitative estimate of drug-likeness (QED) is 0.848. The highest BCUT2D eigenvalue weighted by Crippen LogP contribution is 2.09. The van der Waals surface area contributed by atoms with Crippen LogP contribution in [0, 0.1) is 5.92 Å². The molecule has 0 spiro atoms. The fourth-order valence-corrected chi connectivity index (χ4v) is 1.64. The number of hydrogen-bond acceptors (Lipinski definition) is 3. The van der Waals surface area contributed by atoms with Crippen molar-refractivity contribution in [1.82, 2.24) is 15.1 Å². The summed E-state index contributed by atoms with van der Waals surface area (Å²) in [5.41, 5.74) is 1.42. The number of aliphatic hydroxyl groups is 1. The summed E-state index contributed by atoms with van der Waals surface area (Å²) in [4.78, 5) is 12.0. The van der Waals surface area contributed by atoms with Crippen LogP contribution in [0.1, 0.15) is 17.3 Å². The van der Waals surface area contributed by atoms with E-state index in [0.717, 1.165) is 5.69 Å². The molecular weight excluding hydrogens is 242 g/mol. The van der Waals surface area contributed by atoms with E-state index in [9.17, 15) is 4.79 Å². The minimum absolute atomic E-state index is 0.0539. The molecular formula is C14H17N3O2. The second-order valence-corrected chi connectivity index (χ2v) is 4.50. The number of rotatable bonds is 5. The molecule has 0 aliphatic heterocycles. The average Bonchev–Trinajstić information content (AvgIpc) is 2.98. The summed E-state index contributed by atoms with van der Waals surface area (Å²) in [7, 11) is 0. The summed E-state index contributed by atoms with van der Waals surface area (Å²) in [6.07, 6.45) is 3.51. The molecule has 0 aliphatic rings. The van der Waals surface area contributed by atoms with Crippen molar-refractivity contribution >= 4 is 5.91 Å². The van der Waals surface area contributed by atoms with Gasteiger partial charge in [0.05, 0.1) is 5.69 Å². The van der Waals surface area contributed by atoms with Gasteiger partial charge in [0.25, 0.3) is 5.91 Å². The van der Waals surface area contributed by atoms with E-state index in [-0.39, 0.29) is 18.4 Å². The largest absolute Gasteiger partial charge is 0.396 e. The van der Waals surface area contributed by atoms with Crippen LogP contribution >= 0.6 is 0 Å². The van der Waals surface area contributed by atoms with E-state index in [2.05, 4.69) is 10.4 Å². The second-order valence-electron chi connectivity index (χ2n) is 4.50. The van der Waals surface area contributed by atoms with Gasteiger partial charge in [-0.25, -0.2) is 4.68 Å². The van der Waals surface area contributed by atoms with Crippen LogP contribution in [0.4, 0.5) is 0 Å². The van der Waals surface area contributed by atoms with E-state index < -0.39 is 0 Å². The number of amides is 1. The van der Waals surface area contributed by atoms with Crippen LogP contribution in [0.3, 0.4) is 0 Å². The zero-order valence-electron chi connectivity index (χ0n) is 10.8. The Morgan fingerprint density at radius 1 is 1.47 bits per heavy atom. The van der Waals surface area contributed by atoms with Crippen molar-refractivity contribution in [3.63, 3.8) is 0 Å². The molecule has 1 aromatic carbocycles. The van der Waals surface area contributed by atoms with E-state index in [1.807, 2.05) is 31.3 Å². The molecule has 1 amide bonds. The zero-order chi connectivity index (χ0) is 13.7. The average molecular weight is 259 g/mol. The van der Waals surface area contributed by atoms with E-state index >= 15 is 0 Å². The van der Waals surface area contributed by atoms with Crippen molar-refractivity contribution in [2.45, 2.75) is 6.92 Å². The number of benzene rings is 1. The van der Waals surface area contributed by atoms with Crippen LogP contribution in [0.15, 0.2) is 42.7 Å². The van der Waals surface area contributed by atoms with Gasteiger partial charge >= 0.3 is 0 Å². The van der Waals surface area contributed by atoms with E-state index in [0.29, 0.717) is 12.1 Å². The zero-order valence-corrected chi connectivity index (χ0v) is 10.8. The lowest BCUT2D eigenvalue weighted by Gasteiger charge is -2.10. The van der Waals surface area contributed by atoms with Gasteiger partial charge < -0.3 is 10.4 Å². The lowest BCUT2D eigenvalue weighted by Crippen LogP contribution is -2.29. The number of hydrogen-bond donors (Lipinski definition) is 2. The van der Waals surface area contributed by atoms with Crippen molar-refractivity contribution in [3.05, 3.63) is 48.3 Å². The van der Waals surface area contributed by atoms with Crippen LogP contribution in [0.25, 0.3) is 5.69 Å². The topological polar surface area (TPSA) is 67.2 Å². The Morgan fingerprint density at radius 2 is 2.32 bits per heavy atom. The van der Waals surface area contributed by atoms with Crippen molar-refractivity contribution in [2.75, 3.05) is 13.2 Å². The van der Waals surface area contributed by atoms with E-state index in [4.69, 9.17) is 5.11 Å². The molecule has 5 heteroatoms. The Kier molecular flexibility index (Phi) is 4.30. The Balaban J connectivity index is 2.08. The molecule has 1 heterocycles. The molecule has 0 aliphatic carbocycles. The van der Waals surface area contributed by atoms with Crippen molar-refractivity contribution in [2.24, 2.45) is 5.92 Å². The van der Waals surface area contributed by atoms with Gasteiger partial charge in [-0.3, -0.25) is 4.79 Å². The molecule has 0 radical (unpaired) electrons. The maximum absolute atomic E-state index is 12.0. The lowest BCUT2D eigenvalue weighted by molar-refractivity contribution is 0.0942. The normalized spacial score (nSPS) is 12.1. The molecule has 2 rings (SSSR count). The third kappa shape index (κ3) is 3.42. The van der Waals surface area contributed by atoms with Crippen LogP contribution in [-0.4, -0.2) is 33.9 Å². The number of aromatic nitrogens is 2. The number of nitrogens with zero attached hydrogens (tertiary/aromatic N) is 2. The summed E-state index contributed by atoms with van der Waals surface area (Å²) >= 11 is 0. The first kappa shape index (κ1) is 13.3. The van der Waals surface area contributed by atoms with Gasteiger partial charge in [0.1, 0.15) is 0 Å². The molecule has 1 aromatic heterocycles. The molecule has 19 heavy (non-hydrogen) atoms. The standard InChI is InChI=1S/C14H17N3O2/c1-11(10-18)9-15-14(19)12-4-2-5-13(8-12)17-7-3-6-16-17/h2-8,11,18H,9-10H2,1H3,(H,15,19). The summed E-state index contributed by atoms with van der Waals surface area (Å²) in [5, 5.41) is 15.8. The highest BCUT2D eigenvalue weighted by atomic mass is 16.3. The first-order valence-corrected chi connectivity index (χ1v) is 6.20. The predicted octanol–water partition coefficient (Wildman–Crippen LogP) is 1.23. The number of carbonyl (C=O) groups excluding carboxylic acids is 1. The van der Waals surface area contributed by atoms with Gasteiger partial charge in [0, 0.05) is 31.1 Å². The highest BCUT2D eigenvalue weighted by Gasteiger charge is 2.08. The van der Waals surface area contributed by atoms with Gasteiger partial charge in [-0.05, 0) is 30.2 Å². The third-order valence-electron chi connectivity index (χ3n) is 2.80. The molecule has 2 N–H and O–H groups in total. The smallest absolute Gasteiger partial charge is 0.251 e. The Morgan fingerprint density at radius 3 is 3.00 bits per heavy atom. The van der Waals surface area contributed by atoms with E-state index in [1.54, 1.807) is 23.0 Å². The monoisotopic (exact) mass is 259 g/mol. The third-order valence-corrected chi connectivity index (χ3v) is 2.80. The van der Waals surface area contributed by atoms with Crippen molar-refractivity contribution in [1.29, 1.82) is 0 Å². The van der Waals surface area contributed by atoms with Crippen LogP contribution < -0.4 is 5.32 Å². The Labute approximate surface area is 111 Å². The lowest BCUT2D eigenvalue weighted by atomic mass is 10.1. The van der Waals surface area contributed by atoms with Gasteiger partial charge in [-0.2, -0.15) is 5.10 Å². The molecule has 0 saturated carbocycles. The molecule has 0 fully saturated rings. The number of aliphatic hydroxyl groups excluding tert-OH is 1.